The van der Waals surface area contributed by atoms with Crippen LogP contribution in [0.4, 0.5) is 0 Å². The first-order valence-electron chi connectivity index (χ1n) is 6.82. The van der Waals surface area contributed by atoms with Crippen LogP contribution in [0.15, 0.2) is 23.2 Å². The minimum atomic E-state index is 0.546. The predicted octanol–water partition coefficient (Wildman–Crippen LogP) is 4.08. The normalized spacial score (nSPS) is 15.7. The standard InChI is InChI=1S/C16H22ClNO/c1-11(8-17)10-19-16-12(2)6-14(7-13(16)3)9-18-15-4-5-15/h6-8,15,18H,4-5,9-10H2,1-3H3. The van der Waals surface area contributed by atoms with Gasteiger partial charge in [0.05, 0.1) is 0 Å². The van der Waals surface area contributed by atoms with Crippen molar-refractivity contribution in [1.82, 2.24) is 5.32 Å². The fraction of sp³-hybridized carbons (Fsp3) is 0.500. The van der Waals surface area contributed by atoms with Gasteiger partial charge in [-0.3, -0.25) is 0 Å². The summed E-state index contributed by atoms with van der Waals surface area (Å²) >= 11 is 5.65. The zero-order valence-electron chi connectivity index (χ0n) is 11.9. The van der Waals surface area contributed by atoms with Crippen LogP contribution in [-0.4, -0.2) is 12.6 Å². The number of nitrogens with one attached hydrogen (secondary N) is 1. The van der Waals surface area contributed by atoms with Gasteiger partial charge in [-0.25, -0.2) is 0 Å². The minimum absolute atomic E-state index is 0.546. The molecule has 0 aromatic heterocycles. The Labute approximate surface area is 120 Å². The predicted molar refractivity (Wildman–Crippen MR) is 80.9 cm³/mol. The summed E-state index contributed by atoms with van der Waals surface area (Å²) in [5.41, 5.74) is 6.31. The highest BCUT2D eigenvalue weighted by Crippen LogP contribution is 2.26. The zero-order chi connectivity index (χ0) is 13.8. The van der Waals surface area contributed by atoms with Gasteiger partial charge in [0, 0.05) is 18.1 Å². The Morgan fingerprint density at radius 2 is 2.00 bits per heavy atom. The van der Waals surface area contributed by atoms with Crippen LogP contribution < -0.4 is 10.1 Å². The van der Waals surface area contributed by atoms with Crippen molar-refractivity contribution in [3.05, 3.63) is 39.9 Å². The third-order valence-electron chi connectivity index (χ3n) is 3.32. The van der Waals surface area contributed by atoms with Crippen molar-refractivity contribution in [2.24, 2.45) is 0 Å². The number of benzene rings is 1. The van der Waals surface area contributed by atoms with E-state index in [9.17, 15) is 0 Å². The van der Waals surface area contributed by atoms with Crippen molar-refractivity contribution in [2.75, 3.05) is 6.61 Å². The van der Waals surface area contributed by atoms with Crippen molar-refractivity contribution < 1.29 is 4.74 Å². The van der Waals surface area contributed by atoms with Crippen molar-refractivity contribution in [3.63, 3.8) is 0 Å². The number of aryl methyl sites for hydroxylation is 2. The third kappa shape index (κ3) is 4.26. The van der Waals surface area contributed by atoms with E-state index in [1.165, 1.54) is 29.5 Å². The SMILES string of the molecule is CC(=CCl)COc1c(C)cc(CNC2CC2)cc1C. The lowest BCUT2D eigenvalue weighted by atomic mass is 10.1. The largest absolute Gasteiger partial charge is 0.489 e. The van der Waals surface area contributed by atoms with Gasteiger partial charge in [0.2, 0.25) is 0 Å². The summed E-state index contributed by atoms with van der Waals surface area (Å²) in [6.07, 6.45) is 2.65. The first-order valence-corrected chi connectivity index (χ1v) is 7.26. The van der Waals surface area contributed by atoms with Gasteiger partial charge in [0.25, 0.3) is 0 Å². The lowest BCUT2D eigenvalue weighted by molar-refractivity contribution is 0.347. The maximum atomic E-state index is 5.84. The number of ether oxygens (including phenoxy) is 1. The topological polar surface area (TPSA) is 21.3 Å². The molecule has 19 heavy (non-hydrogen) atoms. The third-order valence-corrected chi connectivity index (χ3v) is 3.70. The highest BCUT2D eigenvalue weighted by atomic mass is 35.5. The van der Waals surface area contributed by atoms with Gasteiger partial charge in [-0.05, 0) is 55.9 Å². The monoisotopic (exact) mass is 279 g/mol. The molecular weight excluding hydrogens is 258 g/mol. The highest BCUT2D eigenvalue weighted by molar-refractivity contribution is 6.25. The lowest BCUT2D eigenvalue weighted by Crippen LogP contribution is -2.15. The maximum absolute atomic E-state index is 5.84. The molecule has 1 N–H and O–H groups in total. The molecule has 0 saturated heterocycles. The van der Waals surface area contributed by atoms with Crippen LogP contribution >= 0.6 is 11.6 Å². The van der Waals surface area contributed by atoms with E-state index < -0.39 is 0 Å². The van der Waals surface area contributed by atoms with Crippen LogP contribution in [0, 0.1) is 13.8 Å². The van der Waals surface area contributed by atoms with Crippen molar-refractivity contribution in [1.29, 1.82) is 0 Å². The second kappa shape index (κ2) is 6.44. The molecule has 0 heterocycles. The molecule has 1 saturated carbocycles. The van der Waals surface area contributed by atoms with E-state index in [4.69, 9.17) is 16.3 Å². The molecule has 2 nitrogen and oxygen atoms in total. The van der Waals surface area contributed by atoms with Gasteiger partial charge < -0.3 is 10.1 Å². The van der Waals surface area contributed by atoms with E-state index in [2.05, 4.69) is 31.3 Å². The summed E-state index contributed by atoms with van der Waals surface area (Å²) in [6, 6.07) is 5.16. The molecule has 0 bridgehead atoms. The average molecular weight is 280 g/mol. The molecule has 0 atom stereocenters. The molecule has 1 aliphatic rings. The van der Waals surface area contributed by atoms with Gasteiger partial charge in [-0.15, -0.1) is 0 Å². The zero-order valence-corrected chi connectivity index (χ0v) is 12.7. The quantitative estimate of drug-likeness (QED) is 0.847. The summed E-state index contributed by atoms with van der Waals surface area (Å²) < 4.78 is 5.84. The van der Waals surface area contributed by atoms with E-state index in [0.717, 1.165) is 23.9 Å². The Hall–Kier alpha value is -0.990. The molecule has 0 radical (unpaired) electrons. The van der Waals surface area contributed by atoms with Crippen molar-refractivity contribution in [2.45, 2.75) is 46.2 Å². The summed E-state index contributed by atoms with van der Waals surface area (Å²) in [5, 5.41) is 3.54. The van der Waals surface area contributed by atoms with Crippen LogP contribution in [0.2, 0.25) is 0 Å². The Balaban J connectivity index is 2.02. The van der Waals surface area contributed by atoms with Crippen LogP contribution in [0.25, 0.3) is 0 Å². The Morgan fingerprint density at radius 1 is 1.37 bits per heavy atom. The van der Waals surface area contributed by atoms with E-state index in [1.807, 2.05) is 6.92 Å². The smallest absolute Gasteiger partial charge is 0.125 e. The van der Waals surface area contributed by atoms with Gasteiger partial charge in [-0.2, -0.15) is 0 Å². The number of halogens is 1. The van der Waals surface area contributed by atoms with Gasteiger partial charge >= 0.3 is 0 Å². The first-order chi connectivity index (χ1) is 9.10. The molecule has 2 rings (SSSR count). The van der Waals surface area contributed by atoms with Crippen molar-refractivity contribution >= 4 is 11.6 Å². The second-order valence-electron chi connectivity index (χ2n) is 5.46. The fourth-order valence-electron chi connectivity index (χ4n) is 2.14. The molecule has 3 heteroatoms. The Morgan fingerprint density at radius 3 is 2.53 bits per heavy atom. The van der Waals surface area contributed by atoms with E-state index in [0.29, 0.717) is 6.61 Å². The van der Waals surface area contributed by atoms with E-state index in [-0.39, 0.29) is 0 Å². The summed E-state index contributed by atoms with van der Waals surface area (Å²) in [7, 11) is 0. The van der Waals surface area contributed by atoms with Crippen LogP contribution in [0.1, 0.15) is 36.5 Å². The van der Waals surface area contributed by atoms with Crippen molar-refractivity contribution in [3.8, 4) is 5.75 Å². The molecule has 1 aliphatic carbocycles. The molecule has 1 aromatic carbocycles. The minimum Gasteiger partial charge on any atom is -0.489 e. The maximum Gasteiger partial charge on any atom is 0.125 e. The van der Waals surface area contributed by atoms with Gasteiger partial charge in [0.15, 0.2) is 0 Å². The van der Waals surface area contributed by atoms with Gasteiger partial charge in [-0.1, -0.05) is 23.7 Å². The molecule has 0 unspecified atom stereocenters. The average Bonchev–Trinajstić information content (AvgIpc) is 3.19. The molecule has 0 aliphatic heterocycles. The molecule has 104 valence electrons. The molecular formula is C16H22ClNO. The summed E-state index contributed by atoms with van der Waals surface area (Å²) in [4.78, 5) is 0. The lowest BCUT2D eigenvalue weighted by Gasteiger charge is -2.14. The number of rotatable bonds is 6. The molecule has 0 amide bonds. The van der Waals surface area contributed by atoms with Crippen LogP contribution in [0.5, 0.6) is 5.75 Å². The first kappa shape index (κ1) is 14.4. The highest BCUT2D eigenvalue weighted by Gasteiger charge is 2.20. The van der Waals surface area contributed by atoms with Crippen LogP contribution in [0.3, 0.4) is 0 Å². The Kier molecular flexibility index (Phi) is 4.89. The van der Waals surface area contributed by atoms with E-state index in [1.54, 1.807) is 5.54 Å². The Bertz CT molecular complexity index is 455. The second-order valence-corrected chi connectivity index (χ2v) is 5.68. The van der Waals surface area contributed by atoms with Crippen LogP contribution in [-0.2, 0) is 6.54 Å². The molecule has 1 fully saturated rings. The summed E-state index contributed by atoms with van der Waals surface area (Å²) in [6.45, 7) is 7.66. The molecule has 1 aromatic rings. The molecule has 0 spiro atoms. The fourth-order valence-corrected chi connectivity index (χ4v) is 2.20. The number of hydrogen-bond acceptors (Lipinski definition) is 2. The summed E-state index contributed by atoms with van der Waals surface area (Å²) in [5.74, 6) is 0.980. The number of hydrogen-bond donors (Lipinski definition) is 1. The van der Waals surface area contributed by atoms with E-state index >= 15 is 0 Å². The van der Waals surface area contributed by atoms with Gasteiger partial charge in [0.1, 0.15) is 12.4 Å².